The topological polar surface area (TPSA) is 121 Å². The predicted molar refractivity (Wildman–Crippen MR) is 92.1 cm³/mol. The van der Waals surface area contributed by atoms with Crippen LogP contribution in [0.5, 0.6) is 0 Å². The lowest BCUT2D eigenvalue weighted by Gasteiger charge is -2.12. The first-order valence-corrected chi connectivity index (χ1v) is 7.57. The quantitative estimate of drug-likeness (QED) is 0.666. The van der Waals surface area contributed by atoms with Gasteiger partial charge in [-0.05, 0) is 29.2 Å². The summed E-state index contributed by atoms with van der Waals surface area (Å²) in [5.74, 6) is -0.0561. The number of primary amides is 1. The Morgan fingerprint density at radius 1 is 1.00 bits per heavy atom. The van der Waals surface area contributed by atoms with Gasteiger partial charge in [-0.25, -0.2) is 4.79 Å². The highest BCUT2D eigenvalue weighted by Gasteiger charge is 2.15. The maximum absolute atomic E-state index is 12.3. The summed E-state index contributed by atoms with van der Waals surface area (Å²) in [6.07, 6.45) is -0.165. The fraction of sp³-hybridized carbons (Fsp3) is 0.222. The molecule has 0 bridgehead atoms. The Labute approximate surface area is 140 Å². The van der Waals surface area contributed by atoms with Crippen LogP contribution in [0.3, 0.4) is 0 Å². The number of amides is 1. The molecule has 0 aliphatic rings. The number of hydrogen-bond acceptors (Lipinski definition) is 5. The zero-order valence-corrected chi connectivity index (χ0v) is 13.3. The number of nitrogen functional groups attached to an aromatic ring is 1. The van der Waals surface area contributed by atoms with Crippen molar-refractivity contribution in [3.05, 3.63) is 65.2 Å². The second-order valence-electron chi connectivity index (χ2n) is 5.58. The van der Waals surface area contributed by atoms with E-state index in [1.807, 2.05) is 18.2 Å². The second-order valence-corrected chi connectivity index (χ2v) is 5.58. The zero-order valence-electron chi connectivity index (χ0n) is 13.3. The molecule has 0 aliphatic carbocycles. The monoisotopic (exact) mass is 327 g/mol. The fourth-order valence-corrected chi connectivity index (χ4v) is 2.31. The van der Waals surface area contributed by atoms with E-state index in [4.69, 9.17) is 21.9 Å². The van der Waals surface area contributed by atoms with Crippen LogP contribution in [0, 0.1) is 0 Å². The second kappa shape index (κ2) is 8.12. The number of anilines is 1. The van der Waals surface area contributed by atoms with Crippen LogP contribution in [0.15, 0.2) is 48.5 Å². The molecule has 126 valence electrons. The van der Waals surface area contributed by atoms with Gasteiger partial charge in [0.1, 0.15) is 6.61 Å². The Morgan fingerprint density at radius 2 is 1.62 bits per heavy atom. The smallest absolute Gasteiger partial charge is 0.404 e. The molecule has 0 saturated heterocycles. The minimum atomic E-state index is -0.819. The molecule has 24 heavy (non-hydrogen) atoms. The molecule has 2 rings (SSSR count). The molecular formula is C18H21N3O3. The number of rotatable bonds is 7. The van der Waals surface area contributed by atoms with Crippen molar-refractivity contribution in [3.8, 4) is 0 Å². The molecule has 1 atom stereocenters. The SMILES string of the molecule is NC(=O)OCc1ccc(CC(=O)C(N)Cc2ccccc2N)cc1. The summed E-state index contributed by atoms with van der Waals surface area (Å²) in [7, 11) is 0. The maximum atomic E-state index is 12.3. The number of nitrogens with two attached hydrogens (primary N) is 3. The average Bonchev–Trinajstić information content (AvgIpc) is 2.56. The summed E-state index contributed by atoms with van der Waals surface area (Å²) in [4.78, 5) is 22.8. The number of hydrogen-bond donors (Lipinski definition) is 3. The Morgan fingerprint density at radius 3 is 2.25 bits per heavy atom. The highest BCUT2D eigenvalue weighted by atomic mass is 16.5. The summed E-state index contributed by atoms with van der Waals surface area (Å²) in [5.41, 5.74) is 19.9. The predicted octanol–water partition coefficient (Wildman–Crippen LogP) is 1.55. The number of Topliss-reactive ketones (excluding diaryl/α,β-unsaturated/α-hetero) is 1. The molecule has 2 aromatic rings. The third-order valence-electron chi connectivity index (χ3n) is 3.69. The van der Waals surface area contributed by atoms with E-state index in [0.717, 1.165) is 16.7 Å². The van der Waals surface area contributed by atoms with E-state index in [2.05, 4.69) is 0 Å². The summed E-state index contributed by atoms with van der Waals surface area (Å²) in [6, 6.07) is 14.0. The molecule has 0 spiro atoms. The average molecular weight is 327 g/mol. The van der Waals surface area contributed by atoms with Crippen molar-refractivity contribution in [2.75, 3.05) is 5.73 Å². The van der Waals surface area contributed by atoms with E-state index >= 15 is 0 Å². The molecule has 6 heteroatoms. The van der Waals surface area contributed by atoms with Crippen molar-refractivity contribution in [2.45, 2.75) is 25.5 Å². The molecule has 1 amide bonds. The summed E-state index contributed by atoms with van der Waals surface area (Å²) in [6.45, 7) is 0.107. The molecule has 0 aliphatic heterocycles. The Kier molecular flexibility index (Phi) is 5.92. The van der Waals surface area contributed by atoms with Crippen molar-refractivity contribution in [3.63, 3.8) is 0 Å². The molecule has 0 aromatic heterocycles. The fourth-order valence-electron chi connectivity index (χ4n) is 2.31. The zero-order chi connectivity index (χ0) is 17.5. The number of ether oxygens (including phenoxy) is 1. The minimum absolute atomic E-state index is 0.0561. The van der Waals surface area contributed by atoms with Gasteiger partial charge in [-0.15, -0.1) is 0 Å². The third-order valence-corrected chi connectivity index (χ3v) is 3.69. The summed E-state index contributed by atoms with van der Waals surface area (Å²) >= 11 is 0. The number of ketones is 1. The van der Waals surface area contributed by atoms with Crippen LogP contribution in [0.25, 0.3) is 0 Å². The number of carbonyl (C=O) groups excluding carboxylic acids is 2. The van der Waals surface area contributed by atoms with Crippen LogP contribution in [0.1, 0.15) is 16.7 Å². The normalized spacial score (nSPS) is 11.7. The molecule has 0 radical (unpaired) electrons. The third kappa shape index (κ3) is 5.10. The van der Waals surface area contributed by atoms with E-state index < -0.39 is 12.1 Å². The van der Waals surface area contributed by atoms with Crippen molar-refractivity contribution in [1.29, 1.82) is 0 Å². The van der Waals surface area contributed by atoms with Crippen LogP contribution in [-0.4, -0.2) is 17.9 Å². The van der Waals surface area contributed by atoms with Gasteiger partial charge in [0.05, 0.1) is 6.04 Å². The lowest BCUT2D eigenvalue weighted by atomic mass is 9.97. The van der Waals surface area contributed by atoms with E-state index in [1.54, 1.807) is 30.3 Å². The number of benzene rings is 2. The Balaban J connectivity index is 1.91. The summed E-state index contributed by atoms with van der Waals surface area (Å²) < 4.78 is 4.70. The lowest BCUT2D eigenvalue weighted by molar-refractivity contribution is -0.119. The van der Waals surface area contributed by atoms with Gasteiger partial charge in [-0.3, -0.25) is 4.79 Å². The van der Waals surface area contributed by atoms with Gasteiger partial charge < -0.3 is 21.9 Å². The first-order chi connectivity index (χ1) is 11.5. The van der Waals surface area contributed by atoms with Crippen molar-refractivity contribution < 1.29 is 14.3 Å². The Hall–Kier alpha value is -2.86. The van der Waals surface area contributed by atoms with Gasteiger partial charge in [-0.2, -0.15) is 0 Å². The minimum Gasteiger partial charge on any atom is -0.445 e. The largest absolute Gasteiger partial charge is 0.445 e. The highest BCUT2D eigenvalue weighted by Crippen LogP contribution is 2.14. The number of para-hydroxylation sites is 1. The van der Waals surface area contributed by atoms with Crippen LogP contribution in [0.2, 0.25) is 0 Å². The molecule has 6 N–H and O–H groups in total. The maximum Gasteiger partial charge on any atom is 0.404 e. The van der Waals surface area contributed by atoms with Gasteiger partial charge >= 0.3 is 6.09 Å². The van der Waals surface area contributed by atoms with Crippen LogP contribution < -0.4 is 17.2 Å². The van der Waals surface area contributed by atoms with Gasteiger partial charge in [-0.1, -0.05) is 42.5 Å². The summed E-state index contributed by atoms with van der Waals surface area (Å²) in [5, 5.41) is 0. The standard InChI is InChI=1S/C18H21N3O3/c19-15-4-2-1-3-14(15)10-16(20)17(22)9-12-5-7-13(8-6-12)11-24-18(21)23/h1-8,16H,9-11,19-20H2,(H2,21,23). The molecule has 2 aromatic carbocycles. The molecular weight excluding hydrogens is 306 g/mol. The first kappa shape index (κ1) is 17.5. The van der Waals surface area contributed by atoms with Crippen molar-refractivity contribution in [2.24, 2.45) is 11.5 Å². The van der Waals surface area contributed by atoms with E-state index in [-0.39, 0.29) is 18.8 Å². The van der Waals surface area contributed by atoms with Gasteiger partial charge in [0.2, 0.25) is 0 Å². The molecule has 0 saturated carbocycles. The van der Waals surface area contributed by atoms with Crippen molar-refractivity contribution >= 4 is 17.6 Å². The van der Waals surface area contributed by atoms with Gasteiger partial charge in [0.25, 0.3) is 0 Å². The first-order valence-electron chi connectivity index (χ1n) is 7.57. The van der Waals surface area contributed by atoms with Gasteiger partial charge in [0, 0.05) is 12.1 Å². The van der Waals surface area contributed by atoms with Crippen LogP contribution in [-0.2, 0) is 29.0 Å². The van der Waals surface area contributed by atoms with E-state index in [0.29, 0.717) is 12.1 Å². The van der Waals surface area contributed by atoms with Crippen LogP contribution >= 0.6 is 0 Å². The van der Waals surface area contributed by atoms with Crippen molar-refractivity contribution in [1.82, 2.24) is 0 Å². The van der Waals surface area contributed by atoms with E-state index in [1.165, 1.54) is 0 Å². The lowest BCUT2D eigenvalue weighted by Crippen LogP contribution is -2.34. The van der Waals surface area contributed by atoms with Crippen LogP contribution in [0.4, 0.5) is 10.5 Å². The molecule has 1 unspecified atom stereocenters. The highest BCUT2D eigenvalue weighted by molar-refractivity contribution is 5.86. The Bertz CT molecular complexity index is 714. The molecule has 0 fully saturated rings. The van der Waals surface area contributed by atoms with Gasteiger partial charge in [0.15, 0.2) is 5.78 Å². The molecule has 0 heterocycles. The van der Waals surface area contributed by atoms with E-state index in [9.17, 15) is 9.59 Å². The number of carbonyl (C=O) groups is 2. The molecule has 6 nitrogen and oxygen atoms in total.